The van der Waals surface area contributed by atoms with E-state index in [1.54, 1.807) is 0 Å². The van der Waals surface area contributed by atoms with Gasteiger partial charge in [-0.2, -0.15) is 0 Å². The van der Waals surface area contributed by atoms with Crippen LogP contribution in [0.4, 0.5) is 0 Å². The van der Waals surface area contributed by atoms with Crippen LogP contribution in [-0.4, -0.2) is 11.6 Å². The van der Waals surface area contributed by atoms with Gasteiger partial charge in [0.15, 0.2) is 11.6 Å². The molecular formula is C28H16O2. The van der Waals surface area contributed by atoms with E-state index >= 15 is 0 Å². The Morgan fingerprint density at radius 1 is 0.567 bits per heavy atom. The average Bonchev–Trinajstić information content (AvgIpc) is 2.81. The molecule has 0 fully saturated rings. The molecule has 0 unspecified atom stereocenters. The molecule has 0 atom stereocenters. The SMILES string of the molecule is O=C(c1cc2c3c(cccc3c1)C(=O)c1ccccc1-2)c1cccc2ccccc12. The van der Waals surface area contributed by atoms with Crippen LogP contribution in [0.3, 0.4) is 0 Å². The Morgan fingerprint density at radius 3 is 2.13 bits per heavy atom. The summed E-state index contributed by atoms with van der Waals surface area (Å²) in [4.78, 5) is 26.6. The summed E-state index contributed by atoms with van der Waals surface area (Å²) in [6.45, 7) is 0. The summed E-state index contributed by atoms with van der Waals surface area (Å²) < 4.78 is 0. The third-order valence-corrected chi connectivity index (χ3v) is 5.98. The molecule has 140 valence electrons. The van der Waals surface area contributed by atoms with Crippen LogP contribution in [0.25, 0.3) is 32.7 Å². The first kappa shape index (κ1) is 16.9. The second kappa shape index (κ2) is 6.23. The van der Waals surface area contributed by atoms with Gasteiger partial charge in [-0.05, 0) is 39.4 Å². The fourth-order valence-electron chi connectivity index (χ4n) is 4.60. The third kappa shape index (κ3) is 2.31. The molecular weight excluding hydrogens is 368 g/mol. The molecule has 0 bridgehead atoms. The average molecular weight is 384 g/mol. The predicted octanol–water partition coefficient (Wildman–Crippen LogP) is 6.44. The number of hydrogen-bond donors (Lipinski definition) is 0. The molecule has 0 radical (unpaired) electrons. The smallest absolute Gasteiger partial charge is 0.194 e. The van der Waals surface area contributed by atoms with Crippen molar-refractivity contribution >= 4 is 33.1 Å². The maximum absolute atomic E-state index is 13.6. The van der Waals surface area contributed by atoms with Gasteiger partial charge in [0.25, 0.3) is 0 Å². The minimum atomic E-state index is -0.00951. The maximum atomic E-state index is 13.6. The lowest BCUT2D eigenvalue weighted by atomic mass is 9.81. The molecule has 1 aliphatic carbocycles. The summed E-state index contributed by atoms with van der Waals surface area (Å²) in [6, 6.07) is 31.0. The maximum Gasteiger partial charge on any atom is 0.194 e. The Kier molecular flexibility index (Phi) is 3.50. The molecule has 30 heavy (non-hydrogen) atoms. The normalized spacial score (nSPS) is 12.2. The van der Waals surface area contributed by atoms with Gasteiger partial charge in [-0.1, -0.05) is 84.9 Å². The Morgan fingerprint density at radius 2 is 1.23 bits per heavy atom. The van der Waals surface area contributed by atoms with Gasteiger partial charge in [0.05, 0.1) is 0 Å². The minimum Gasteiger partial charge on any atom is -0.289 e. The Balaban J connectivity index is 1.64. The lowest BCUT2D eigenvalue weighted by molar-refractivity contribution is 0.103. The molecule has 0 amide bonds. The highest BCUT2D eigenvalue weighted by Crippen LogP contribution is 2.40. The number of fused-ring (bicyclic) bond motifs is 3. The van der Waals surface area contributed by atoms with Gasteiger partial charge >= 0.3 is 0 Å². The Hall–Kier alpha value is -4.04. The molecule has 1 aliphatic rings. The van der Waals surface area contributed by atoms with Crippen LogP contribution in [0.1, 0.15) is 31.8 Å². The van der Waals surface area contributed by atoms with Gasteiger partial charge in [0, 0.05) is 27.6 Å². The van der Waals surface area contributed by atoms with Gasteiger partial charge in [-0.25, -0.2) is 0 Å². The third-order valence-electron chi connectivity index (χ3n) is 5.98. The molecule has 5 aromatic carbocycles. The summed E-state index contributed by atoms with van der Waals surface area (Å²) in [5, 5.41) is 3.83. The number of benzene rings is 5. The number of ketones is 2. The fraction of sp³-hybridized carbons (Fsp3) is 0. The van der Waals surface area contributed by atoms with Crippen molar-refractivity contribution < 1.29 is 9.59 Å². The van der Waals surface area contributed by atoms with E-state index in [1.807, 2.05) is 97.1 Å². The van der Waals surface area contributed by atoms with E-state index in [0.29, 0.717) is 22.3 Å². The van der Waals surface area contributed by atoms with Crippen LogP contribution in [-0.2, 0) is 0 Å². The zero-order chi connectivity index (χ0) is 20.2. The second-order valence-electron chi connectivity index (χ2n) is 7.66. The molecule has 0 aromatic heterocycles. The van der Waals surface area contributed by atoms with Gasteiger partial charge in [0.2, 0.25) is 0 Å². The lowest BCUT2D eigenvalue weighted by Gasteiger charge is -2.20. The fourth-order valence-corrected chi connectivity index (χ4v) is 4.60. The zero-order valence-corrected chi connectivity index (χ0v) is 16.1. The molecule has 6 rings (SSSR count). The Labute approximate surface area is 173 Å². The van der Waals surface area contributed by atoms with Crippen molar-refractivity contribution in [2.24, 2.45) is 0 Å². The van der Waals surface area contributed by atoms with Crippen LogP contribution in [0.2, 0.25) is 0 Å². The summed E-state index contributed by atoms with van der Waals surface area (Å²) in [5.41, 5.74) is 4.55. The van der Waals surface area contributed by atoms with E-state index in [9.17, 15) is 9.59 Å². The molecule has 0 heterocycles. The first-order valence-corrected chi connectivity index (χ1v) is 9.96. The summed E-state index contributed by atoms with van der Waals surface area (Å²) in [7, 11) is 0. The first-order valence-electron chi connectivity index (χ1n) is 9.96. The van der Waals surface area contributed by atoms with Crippen molar-refractivity contribution in [3.63, 3.8) is 0 Å². The van der Waals surface area contributed by atoms with E-state index in [0.717, 1.165) is 32.7 Å². The second-order valence-corrected chi connectivity index (χ2v) is 7.66. The predicted molar refractivity (Wildman–Crippen MR) is 120 cm³/mol. The van der Waals surface area contributed by atoms with E-state index < -0.39 is 0 Å². The van der Waals surface area contributed by atoms with Gasteiger partial charge in [-0.3, -0.25) is 9.59 Å². The van der Waals surface area contributed by atoms with Crippen molar-refractivity contribution in [2.45, 2.75) is 0 Å². The molecule has 0 N–H and O–H groups in total. The van der Waals surface area contributed by atoms with Gasteiger partial charge in [0.1, 0.15) is 0 Å². The van der Waals surface area contributed by atoms with Crippen LogP contribution >= 0.6 is 0 Å². The van der Waals surface area contributed by atoms with Crippen LogP contribution in [0, 0.1) is 0 Å². The van der Waals surface area contributed by atoms with E-state index in [-0.39, 0.29) is 11.6 Å². The number of carbonyl (C=O) groups excluding carboxylic acids is 2. The molecule has 0 aliphatic heterocycles. The quantitative estimate of drug-likeness (QED) is 0.322. The van der Waals surface area contributed by atoms with Crippen LogP contribution < -0.4 is 0 Å². The van der Waals surface area contributed by atoms with Gasteiger partial charge < -0.3 is 0 Å². The van der Waals surface area contributed by atoms with Crippen molar-refractivity contribution in [2.75, 3.05) is 0 Å². The molecule has 5 aromatic rings. The van der Waals surface area contributed by atoms with Crippen molar-refractivity contribution in [1.29, 1.82) is 0 Å². The Bertz CT molecular complexity index is 1520. The first-order chi connectivity index (χ1) is 14.7. The highest BCUT2D eigenvalue weighted by atomic mass is 16.1. The monoisotopic (exact) mass is 384 g/mol. The summed E-state index contributed by atoms with van der Waals surface area (Å²) >= 11 is 0. The molecule has 2 nitrogen and oxygen atoms in total. The molecule has 0 saturated heterocycles. The van der Waals surface area contributed by atoms with Gasteiger partial charge in [-0.15, -0.1) is 0 Å². The number of carbonyl (C=O) groups is 2. The summed E-state index contributed by atoms with van der Waals surface area (Å²) in [6.07, 6.45) is 0. The topological polar surface area (TPSA) is 34.1 Å². The highest BCUT2D eigenvalue weighted by molar-refractivity contribution is 6.27. The molecule has 0 saturated carbocycles. The standard InChI is InChI=1S/C28H16O2/c29-27(22-13-5-8-17-7-1-2-10-20(17)22)19-15-18-9-6-14-24-26(18)25(16-19)21-11-3-4-12-23(21)28(24)30/h1-16H. The van der Waals surface area contributed by atoms with E-state index in [4.69, 9.17) is 0 Å². The minimum absolute atomic E-state index is 0.00951. The largest absolute Gasteiger partial charge is 0.289 e. The van der Waals surface area contributed by atoms with Crippen molar-refractivity contribution in [3.8, 4) is 11.1 Å². The highest BCUT2D eigenvalue weighted by Gasteiger charge is 2.26. The van der Waals surface area contributed by atoms with E-state index in [1.165, 1.54) is 0 Å². The zero-order valence-electron chi connectivity index (χ0n) is 16.1. The van der Waals surface area contributed by atoms with Crippen LogP contribution in [0.15, 0.2) is 97.1 Å². The lowest BCUT2D eigenvalue weighted by Crippen LogP contribution is -2.11. The van der Waals surface area contributed by atoms with Crippen molar-refractivity contribution in [1.82, 2.24) is 0 Å². The van der Waals surface area contributed by atoms with Crippen LogP contribution in [0.5, 0.6) is 0 Å². The molecule has 0 spiro atoms. The van der Waals surface area contributed by atoms with Crippen molar-refractivity contribution in [3.05, 3.63) is 119 Å². The number of rotatable bonds is 2. The molecule has 2 heteroatoms. The van der Waals surface area contributed by atoms with E-state index in [2.05, 4.69) is 0 Å². The summed E-state index contributed by atoms with van der Waals surface area (Å²) in [5.74, 6) is 0.0292. The number of hydrogen-bond acceptors (Lipinski definition) is 2.